The maximum absolute atomic E-state index is 13.0. The van der Waals surface area contributed by atoms with Crippen molar-refractivity contribution in [1.29, 1.82) is 0 Å². The Hall–Kier alpha value is -3.20. The Morgan fingerprint density at radius 1 is 1.17 bits per heavy atom. The zero-order valence-corrected chi connectivity index (χ0v) is 16.6. The van der Waals surface area contributed by atoms with E-state index in [1.54, 1.807) is 43.3 Å². The summed E-state index contributed by atoms with van der Waals surface area (Å²) in [5.74, 6) is -0.636. The number of nitrogens with two attached hydrogens (primary N) is 1. The highest BCUT2D eigenvalue weighted by molar-refractivity contribution is 8.14. The van der Waals surface area contributed by atoms with Crippen molar-refractivity contribution in [2.75, 3.05) is 12.0 Å². The normalized spacial score (nSPS) is 17.8. The van der Waals surface area contributed by atoms with Crippen molar-refractivity contribution in [2.45, 2.75) is 18.6 Å². The van der Waals surface area contributed by atoms with Gasteiger partial charge in [-0.2, -0.15) is 5.10 Å². The van der Waals surface area contributed by atoms with Crippen LogP contribution in [0.25, 0.3) is 0 Å². The molecule has 1 aliphatic heterocycles. The molecule has 150 valence electrons. The molecule has 1 heterocycles. The van der Waals surface area contributed by atoms with E-state index in [0.717, 1.165) is 16.7 Å². The van der Waals surface area contributed by atoms with Crippen LogP contribution in [-0.2, 0) is 9.59 Å². The molecule has 1 saturated heterocycles. The molecule has 0 bridgehead atoms. The molecule has 0 radical (unpaired) electrons. The summed E-state index contributed by atoms with van der Waals surface area (Å²) < 4.78 is 18.2. The van der Waals surface area contributed by atoms with E-state index >= 15 is 0 Å². The van der Waals surface area contributed by atoms with Crippen LogP contribution in [0.5, 0.6) is 5.75 Å². The number of amides is 2. The number of benzene rings is 2. The molecule has 29 heavy (non-hydrogen) atoms. The molecule has 1 aliphatic rings. The van der Waals surface area contributed by atoms with Gasteiger partial charge >= 0.3 is 0 Å². The SMILES string of the molecule is COc1ccccc1N1C(=O)C[C@H](S/C(N)=N\N=C(\C)c2ccc(F)cc2)C1=O. The number of para-hydroxylation sites is 2. The second kappa shape index (κ2) is 8.87. The number of imide groups is 1. The summed E-state index contributed by atoms with van der Waals surface area (Å²) in [4.78, 5) is 26.3. The molecule has 9 heteroatoms. The minimum Gasteiger partial charge on any atom is -0.495 e. The first-order chi connectivity index (χ1) is 13.9. The molecule has 0 unspecified atom stereocenters. The number of nitrogens with zero attached hydrogens (tertiary/aromatic N) is 3. The highest BCUT2D eigenvalue weighted by atomic mass is 32.2. The van der Waals surface area contributed by atoms with Gasteiger partial charge in [0.2, 0.25) is 11.8 Å². The fourth-order valence-corrected chi connectivity index (χ4v) is 3.62. The van der Waals surface area contributed by atoms with Crippen molar-refractivity contribution in [3.05, 3.63) is 59.9 Å². The molecule has 0 spiro atoms. The molecule has 2 amide bonds. The Morgan fingerprint density at radius 3 is 2.55 bits per heavy atom. The van der Waals surface area contributed by atoms with Crippen LogP contribution >= 0.6 is 11.8 Å². The molecule has 2 N–H and O–H groups in total. The summed E-state index contributed by atoms with van der Waals surface area (Å²) in [7, 11) is 1.47. The molecule has 0 aromatic heterocycles. The second-order valence-corrected chi connectivity index (χ2v) is 7.40. The van der Waals surface area contributed by atoms with Crippen LogP contribution < -0.4 is 15.4 Å². The third kappa shape index (κ3) is 4.62. The van der Waals surface area contributed by atoms with Crippen molar-refractivity contribution in [2.24, 2.45) is 15.9 Å². The van der Waals surface area contributed by atoms with Crippen LogP contribution in [0, 0.1) is 5.82 Å². The van der Waals surface area contributed by atoms with E-state index in [1.807, 2.05) is 0 Å². The predicted octanol–water partition coefficient (Wildman–Crippen LogP) is 2.94. The monoisotopic (exact) mass is 414 g/mol. The van der Waals surface area contributed by atoms with Crippen LogP contribution in [0.2, 0.25) is 0 Å². The highest BCUT2D eigenvalue weighted by Gasteiger charge is 2.41. The van der Waals surface area contributed by atoms with Gasteiger partial charge in [-0.25, -0.2) is 9.29 Å². The van der Waals surface area contributed by atoms with Crippen molar-refractivity contribution >= 4 is 40.1 Å². The van der Waals surface area contributed by atoms with Gasteiger partial charge in [0.05, 0.1) is 18.5 Å². The molecule has 1 fully saturated rings. The maximum atomic E-state index is 13.0. The second-order valence-electron chi connectivity index (χ2n) is 6.18. The zero-order valence-electron chi connectivity index (χ0n) is 15.8. The summed E-state index contributed by atoms with van der Waals surface area (Å²) in [5, 5.41) is 7.30. The fraction of sp³-hybridized carbons (Fsp3) is 0.200. The van der Waals surface area contributed by atoms with Gasteiger partial charge in [-0.1, -0.05) is 36.0 Å². The topological polar surface area (TPSA) is 97.3 Å². The minimum absolute atomic E-state index is 0.00156. The highest BCUT2D eigenvalue weighted by Crippen LogP contribution is 2.35. The average Bonchev–Trinajstić information content (AvgIpc) is 2.99. The van der Waals surface area contributed by atoms with Gasteiger partial charge in [-0.15, -0.1) is 5.10 Å². The van der Waals surface area contributed by atoms with E-state index in [1.165, 1.54) is 19.2 Å². The number of anilines is 1. The lowest BCUT2D eigenvalue weighted by Crippen LogP contribution is -2.32. The Bertz CT molecular complexity index is 991. The van der Waals surface area contributed by atoms with Gasteiger partial charge in [0, 0.05) is 6.42 Å². The van der Waals surface area contributed by atoms with Crippen LogP contribution in [-0.4, -0.2) is 35.1 Å². The van der Waals surface area contributed by atoms with E-state index in [9.17, 15) is 14.0 Å². The third-order valence-electron chi connectivity index (χ3n) is 4.25. The molecule has 0 saturated carbocycles. The Balaban J connectivity index is 1.72. The number of hydrogen-bond acceptors (Lipinski definition) is 6. The number of thioether (sulfide) groups is 1. The van der Waals surface area contributed by atoms with E-state index in [-0.39, 0.29) is 29.2 Å². The third-order valence-corrected chi connectivity index (χ3v) is 5.23. The van der Waals surface area contributed by atoms with Crippen molar-refractivity contribution in [1.82, 2.24) is 0 Å². The predicted molar refractivity (Wildman–Crippen MR) is 112 cm³/mol. The number of methoxy groups -OCH3 is 1. The quantitative estimate of drug-likeness (QED) is 0.351. The summed E-state index contributed by atoms with van der Waals surface area (Å²) in [6.45, 7) is 1.71. The lowest BCUT2D eigenvalue weighted by molar-refractivity contribution is -0.121. The van der Waals surface area contributed by atoms with Crippen LogP contribution in [0.1, 0.15) is 18.9 Å². The number of rotatable bonds is 5. The van der Waals surface area contributed by atoms with Crippen LogP contribution in [0.4, 0.5) is 10.1 Å². The van der Waals surface area contributed by atoms with Gasteiger partial charge < -0.3 is 10.5 Å². The fourth-order valence-electron chi connectivity index (χ4n) is 2.81. The van der Waals surface area contributed by atoms with Gasteiger partial charge in [0.1, 0.15) is 16.8 Å². The summed E-state index contributed by atoms with van der Waals surface area (Å²) in [6, 6.07) is 12.6. The largest absolute Gasteiger partial charge is 0.495 e. The van der Waals surface area contributed by atoms with E-state index < -0.39 is 5.25 Å². The Morgan fingerprint density at radius 2 is 1.86 bits per heavy atom. The first-order valence-electron chi connectivity index (χ1n) is 8.71. The number of hydrogen-bond donors (Lipinski definition) is 1. The smallest absolute Gasteiger partial charge is 0.248 e. The number of halogens is 1. The molecular weight excluding hydrogens is 395 g/mol. The lowest BCUT2D eigenvalue weighted by atomic mass is 10.1. The van der Waals surface area contributed by atoms with E-state index in [2.05, 4.69) is 10.2 Å². The van der Waals surface area contributed by atoms with Gasteiger partial charge in [-0.3, -0.25) is 9.59 Å². The van der Waals surface area contributed by atoms with Crippen LogP contribution in [0.15, 0.2) is 58.7 Å². The standard InChI is InChI=1S/C20H19FN4O3S/c1-12(13-7-9-14(21)10-8-13)23-24-20(22)29-17-11-18(26)25(19(17)27)15-5-3-4-6-16(15)28-2/h3-10,17H,11H2,1-2H3,(H2,22,24)/b23-12-/t17-/m0/s1. The Kier molecular flexibility index (Phi) is 6.28. The van der Waals surface area contributed by atoms with Gasteiger partial charge in [0.15, 0.2) is 5.17 Å². The van der Waals surface area contributed by atoms with Gasteiger partial charge in [0.25, 0.3) is 0 Å². The summed E-state index contributed by atoms with van der Waals surface area (Å²) in [5.41, 5.74) is 7.52. The number of amidine groups is 1. The summed E-state index contributed by atoms with van der Waals surface area (Å²) in [6.07, 6.45) is -0.00156. The van der Waals surface area contributed by atoms with Crippen molar-refractivity contribution < 1.29 is 18.7 Å². The Labute approximate surface area is 171 Å². The van der Waals surface area contributed by atoms with Crippen molar-refractivity contribution in [3.8, 4) is 5.75 Å². The molecule has 2 aromatic carbocycles. The van der Waals surface area contributed by atoms with Crippen molar-refractivity contribution in [3.63, 3.8) is 0 Å². The molecule has 1 atom stereocenters. The average molecular weight is 414 g/mol. The molecule has 0 aliphatic carbocycles. The van der Waals surface area contributed by atoms with Gasteiger partial charge in [-0.05, 0) is 36.8 Å². The zero-order chi connectivity index (χ0) is 21.0. The molecule has 2 aromatic rings. The van der Waals surface area contributed by atoms with E-state index in [0.29, 0.717) is 22.7 Å². The molecular formula is C20H19FN4O3S. The number of carbonyl (C=O) groups excluding carboxylic acids is 2. The minimum atomic E-state index is -0.697. The lowest BCUT2D eigenvalue weighted by Gasteiger charge is -2.17. The number of carbonyl (C=O) groups is 2. The van der Waals surface area contributed by atoms with E-state index in [4.69, 9.17) is 10.5 Å². The first kappa shape index (κ1) is 20.5. The van der Waals surface area contributed by atoms with Crippen LogP contribution in [0.3, 0.4) is 0 Å². The number of ether oxygens (including phenoxy) is 1. The molecule has 3 rings (SSSR count). The maximum Gasteiger partial charge on any atom is 0.248 e. The first-order valence-corrected chi connectivity index (χ1v) is 9.58. The molecule has 7 nitrogen and oxygen atoms in total. The summed E-state index contributed by atoms with van der Waals surface area (Å²) >= 11 is 0.978.